The summed E-state index contributed by atoms with van der Waals surface area (Å²) in [5.74, 6) is 0.958. The van der Waals surface area contributed by atoms with Gasteiger partial charge in [-0.05, 0) is 17.7 Å². The smallest absolute Gasteiger partial charge is 0.258 e. The molecule has 0 aromatic heterocycles. The Morgan fingerprint density at radius 1 is 1.42 bits per heavy atom. The number of aliphatic imine (C=N–C) groups is 3. The number of rotatable bonds is 2. The van der Waals surface area contributed by atoms with Gasteiger partial charge >= 0.3 is 0 Å². The number of fused-ring (bicyclic) bond motifs is 1. The Hall–Kier alpha value is -2.15. The maximum Gasteiger partial charge on any atom is 0.258 e. The van der Waals surface area contributed by atoms with Crippen LogP contribution in [-0.2, 0) is 10.5 Å². The molecule has 0 aliphatic carbocycles. The first-order chi connectivity index (χ1) is 9.22. The summed E-state index contributed by atoms with van der Waals surface area (Å²) in [4.78, 5) is 23.9. The van der Waals surface area contributed by atoms with Crippen LogP contribution in [-0.4, -0.2) is 29.3 Å². The molecule has 0 spiro atoms. The van der Waals surface area contributed by atoms with Crippen molar-refractivity contribution in [1.82, 2.24) is 5.32 Å². The summed E-state index contributed by atoms with van der Waals surface area (Å²) >= 11 is 1.44. The number of carbonyl (C=O) groups is 1. The van der Waals surface area contributed by atoms with Gasteiger partial charge in [0.05, 0.1) is 0 Å². The van der Waals surface area contributed by atoms with Crippen LogP contribution in [0.3, 0.4) is 0 Å². The molecule has 1 aromatic rings. The number of benzene rings is 1. The van der Waals surface area contributed by atoms with Crippen molar-refractivity contribution in [3.63, 3.8) is 0 Å². The van der Waals surface area contributed by atoms with Gasteiger partial charge in [0, 0.05) is 11.4 Å². The molecule has 2 aliphatic heterocycles. The fourth-order valence-electron chi connectivity index (χ4n) is 1.78. The van der Waals surface area contributed by atoms with E-state index in [4.69, 9.17) is 5.73 Å². The van der Waals surface area contributed by atoms with E-state index in [1.807, 2.05) is 24.3 Å². The summed E-state index contributed by atoms with van der Waals surface area (Å²) < 4.78 is 0. The number of hydrogen-bond donors (Lipinski definition) is 2. The van der Waals surface area contributed by atoms with E-state index in [1.165, 1.54) is 18.1 Å². The zero-order valence-corrected chi connectivity index (χ0v) is 10.7. The van der Waals surface area contributed by atoms with Crippen molar-refractivity contribution in [1.29, 1.82) is 0 Å². The van der Waals surface area contributed by atoms with E-state index in [2.05, 4.69) is 20.3 Å². The second-order valence-corrected chi connectivity index (χ2v) is 5.06. The molecule has 2 heterocycles. The number of thioether (sulfide) groups is 1. The lowest BCUT2D eigenvalue weighted by molar-refractivity contribution is -0.119. The summed E-state index contributed by atoms with van der Waals surface area (Å²) in [7, 11) is 0. The third-order valence-electron chi connectivity index (χ3n) is 2.67. The number of anilines is 1. The zero-order chi connectivity index (χ0) is 13.2. The molecule has 19 heavy (non-hydrogen) atoms. The molecule has 2 aliphatic rings. The molecule has 1 aromatic carbocycles. The molecule has 1 amide bonds. The monoisotopic (exact) mass is 273 g/mol. The minimum absolute atomic E-state index is 0.183. The second-order valence-electron chi connectivity index (χ2n) is 4.09. The van der Waals surface area contributed by atoms with Crippen molar-refractivity contribution in [3.05, 3.63) is 29.8 Å². The standard InChI is InChI=1S/C12H11N5OS/c13-8-3-1-2-7(4-8)5-19-12-16-10-9(11(18)17-12)14-6-15-10/h1-4,6,9H,5,13H2,(H,14,15,16,17,18). The van der Waals surface area contributed by atoms with Crippen LogP contribution < -0.4 is 11.1 Å². The molecule has 3 N–H and O–H groups in total. The largest absolute Gasteiger partial charge is 0.399 e. The number of amides is 1. The zero-order valence-electron chi connectivity index (χ0n) is 9.91. The highest BCUT2D eigenvalue weighted by molar-refractivity contribution is 8.13. The molecule has 0 saturated heterocycles. The maximum atomic E-state index is 11.7. The minimum atomic E-state index is -0.572. The molecule has 0 saturated carbocycles. The van der Waals surface area contributed by atoms with Gasteiger partial charge in [0.15, 0.2) is 17.0 Å². The van der Waals surface area contributed by atoms with Crippen molar-refractivity contribution in [3.8, 4) is 0 Å². The minimum Gasteiger partial charge on any atom is -0.399 e. The molecular weight excluding hydrogens is 262 g/mol. The number of nitrogen functional groups attached to an aromatic ring is 1. The number of nitrogens with one attached hydrogen (secondary N) is 1. The van der Waals surface area contributed by atoms with Gasteiger partial charge in [-0.2, -0.15) is 0 Å². The number of nitrogens with zero attached hydrogens (tertiary/aromatic N) is 3. The summed E-state index contributed by atoms with van der Waals surface area (Å²) in [5.41, 5.74) is 7.52. The predicted molar refractivity (Wildman–Crippen MR) is 77.4 cm³/mol. The first-order valence-corrected chi connectivity index (χ1v) is 6.67. The van der Waals surface area contributed by atoms with Crippen molar-refractivity contribution in [2.75, 3.05) is 5.73 Å². The average Bonchev–Trinajstić information content (AvgIpc) is 2.85. The third kappa shape index (κ3) is 2.50. The molecule has 0 radical (unpaired) electrons. The molecular formula is C12H11N5OS. The van der Waals surface area contributed by atoms with Crippen LogP contribution in [0.1, 0.15) is 5.56 Å². The van der Waals surface area contributed by atoms with Crippen molar-refractivity contribution < 1.29 is 4.79 Å². The summed E-state index contributed by atoms with van der Waals surface area (Å²) in [6, 6.07) is 7.04. The Labute approximate surface area is 113 Å². The second kappa shape index (κ2) is 4.85. The molecule has 3 rings (SSSR count). The average molecular weight is 273 g/mol. The van der Waals surface area contributed by atoms with Gasteiger partial charge in [-0.1, -0.05) is 23.9 Å². The molecule has 0 fully saturated rings. The first-order valence-electron chi connectivity index (χ1n) is 5.68. The van der Waals surface area contributed by atoms with E-state index in [0.717, 1.165) is 11.3 Å². The quantitative estimate of drug-likeness (QED) is 0.780. The van der Waals surface area contributed by atoms with Crippen LogP contribution in [0.4, 0.5) is 5.69 Å². The van der Waals surface area contributed by atoms with Gasteiger partial charge in [-0.25, -0.2) is 9.98 Å². The van der Waals surface area contributed by atoms with Crippen LogP contribution in [0.25, 0.3) is 0 Å². The molecule has 7 heteroatoms. The topological polar surface area (TPSA) is 92.2 Å². The molecule has 1 unspecified atom stereocenters. The molecule has 1 atom stereocenters. The number of hydrogen-bond acceptors (Lipinski definition) is 6. The number of amidine groups is 2. The lowest BCUT2D eigenvalue weighted by Gasteiger charge is -2.16. The highest BCUT2D eigenvalue weighted by Gasteiger charge is 2.31. The fraction of sp³-hybridized carbons (Fsp3) is 0.167. The van der Waals surface area contributed by atoms with Gasteiger partial charge in [-0.15, -0.1) is 0 Å². The SMILES string of the molecule is Nc1cccc(CSC2=NC3=NC=NC3C(=O)N2)c1. The van der Waals surface area contributed by atoms with Crippen LogP contribution in [0, 0.1) is 0 Å². The first kappa shape index (κ1) is 11.9. The fourth-order valence-corrected chi connectivity index (χ4v) is 2.59. The van der Waals surface area contributed by atoms with E-state index in [1.54, 1.807) is 0 Å². The number of nitrogens with two attached hydrogens (primary N) is 1. The predicted octanol–water partition coefficient (Wildman–Crippen LogP) is 0.797. The molecule has 96 valence electrons. The Kier molecular flexibility index (Phi) is 3.04. The van der Waals surface area contributed by atoms with Crippen molar-refractivity contribution in [2.24, 2.45) is 15.0 Å². The van der Waals surface area contributed by atoms with E-state index in [9.17, 15) is 4.79 Å². The summed E-state index contributed by atoms with van der Waals surface area (Å²) in [5, 5.41) is 3.27. The van der Waals surface area contributed by atoms with E-state index >= 15 is 0 Å². The Balaban J connectivity index is 1.69. The Bertz CT molecular complexity index is 622. The molecule has 6 nitrogen and oxygen atoms in total. The maximum absolute atomic E-state index is 11.7. The van der Waals surface area contributed by atoms with Crippen molar-refractivity contribution in [2.45, 2.75) is 11.8 Å². The van der Waals surface area contributed by atoms with Crippen molar-refractivity contribution >= 4 is 40.7 Å². The molecule has 0 bridgehead atoms. The van der Waals surface area contributed by atoms with Crippen LogP contribution in [0.2, 0.25) is 0 Å². The highest BCUT2D eigenvalue weighted by Crippen LogP contribution is 2.18. The van der Waals surface area contributed by atoms with E-state index < -0.39 is 6.04 Å². The van der Waals surface area contributed by atoms with E-state index in [0.29, 0.717) is 16.8 Å². The van der Waals surface area contributed by atoms with Gasteiger partial charge in [0.1, 0.15) is 6.34 Å². The van der Waals surface area contributed by atoms with Gasteiger partial charge < -0.3 is 11.1 Å². The highest BCUT2D eigenvalue weighted by atomic mass is 32.2. The normalized spacial score (nSPS) is 20.6. The number of carbonyl (C=O) groups excluding carboxylic acids is 1. The third-order valence-corrected chi connectivity index (χ3v) is 3.62. The Morgan fingerprint density at radius 2 is 2.32 bits per heavy atom. The van der Waals surface area contributed by atoms with Gasteiger partial charge in [0.25, 0.3) is 5.91 Å². The lowest BCUT2D eigenvalue weighted by atomic mass is 10.2. The van der Waals surface area contributed by atoms with Crippen LogP contribution in [0.5, 0.6) is 0 Å². The van der Waals surface area contributed by atoms with Crippen LogP contribution in [0.15, 0.2) is 39.2 Å². The van der Waals surface area contributed by atoms with E-state index in [-0.39, 0.29) is 5.91 Å². The lowest BCUT2D eigenvalue weighted by Crippen LogP contribution is -2.44. The summed E-state index contributed by atoms with van der Waals surface area (Å²) in [6.07, 6.45) is 1.37. The van der Waals surface area contributed by atoms with Gasteiger partial charge in [0.2, 0.25) is 0 Å². The van der Waals surface area contributed by atoms with Gasteiger partial charge in [-0.3, -0.25) is 9.79 Å². The van der Waals surface area contributed by atoms with Crippen LogP contribution >= 0.6 is 11.8 Å². The summed E-state index contributed by atoms with van der Waals surface area (Å²) in [6.45, 7) is 0. The Morgan fingerprint density at radius 3 is 3.16 bits per heavy atom.